The van der Waals surface area contributed by atoms with Crippen molar-refractivity contribution in [2.75, 3.05) is 0 Å². The molecule has 166 valence electrons. The Hall–Kier alpha value is -3.78. The fraction of sp³-hybridized carbons (Fsp3) is 0.200. The number of amides is 2. The molecule has 33 heavy (non-hydrogen) atoms. The summed E-state index contributed by atoms with van der Waals surface area (Å²) >= 11 is 1.48. The molecule has 0 saturated carbocycles. The number of hydrazine groups is 1. The summed E-state index contributed by atoms with van der Waals surface area (Å²) in [5.41, 5.74) is 6.49. The number of aromatic nitrogens is 2. The van der Waals surface area contributed by atoms with Crippen molar-refractivity contribution in [1.82, 2.24) is 20.6 Å². The van der Waals surface area contributed by atoms with Gasteiger partial charge in [-0.3, -0.25) is 25.2 Å². The lowest BCUT2D eigenvalue weighted by molar-refractivity contribution is 0.0846. The van der Waals surface area contributed by atoms with E-state index in [2.05, 4.69) is 16.0 Å². The number of hydrogen-bond acceptors (Lipinski definition) is 5. The first-order valence-corrected chi connectivity index (χ1v) is 11.7. The fourth-order valence-corrected chi connectivity index (χ4v) is 5.26. The highest BCUT2D eigenvalue weighted by Crippen LogP contribution is 2.28. The summed E-state index contributed by atoms with van der Waals surface area (Å²) in [6, 6.07) is 17.6. The van der Waals surface area contributed by atoms with E-state index in [4.69, 9.17) is 0 Å². The summed E-state index contributed by atoms with van der Waals surface area (Å²) < 4.78 is 1.20. The standard InChI is InChI=1S/C25H22N4O3S/c30-23(21-15-16-9-3-1-6-14-20(16)33-21)26-27-24(31)22-18-12-7-8-13-19(18)25(32)29(28-22)17-10-4-2-5-11-17/h2,4-5,7-8,10-13,15H,1,3,6,9,14H2,(H,26,30)(H,27,31). The molecule has 2 amide bonds. The van der Waals surface area contributed by atoms with E-state index in [1.165, 1.54) is 32.9 Å². The molecule has 0 atom stereocenters. The number of carbonyl (C=O) groups is 2. The Labute approximate surface area is 194 Å². The predicted octanol–water partition coefficient (Wildman–Crippen LogP) is 3.79. The van der Waals surface area contributed by atoms with Gasteiger partial charge in [-0.15, -0.1) is 11.3 Å². The molecule has 0 saturated heterocycles. The molecular weight excluding hydrogens is 436 g/mol. The zero-order valence-corrected chi connectivity index (χ0v) is 18.7. The second-order valence-corrected chi connectivity index (χ2v) is 9.11. The van der Waals surface area contributed by atoms with Gasteiger partial charge < -0.3 is 0 Å². The van der Waals surface area contributed by atoms with Gasteiger partial charge in [-0.2, -0.15) is 9.78 Å². The number of benzene rings is 2. The first kappa shape index (κ1) is 21.1. The van der Waals surface area contributed by atoms with Crippen LogP contribution in [-0.4, -0.2) is 21.6 Å². The van der Waals surface area contributed by atoms with Gasteiger partial charge in [0.2, 0.25) is 0 Å². The Morgan fingerprint density at radius 2 is 1.55 bits per heavy atom. The van der Waals surface area contributed by atoms with Gasteiger partial charge in [0.1, 0.15) is 0 Å². The number of nitrogens with zero attached hydrogens (tertiary/aromatic N) is 2. The fourth-order valence-electron chi connectivity index (χ4n) is 4.12. The number of nitrogens with one attached hydrogen (secondary N) is 2. The van der Waals surface area contributed by atoms with Crippen LogP contribution in [0.1, 0.15) is 49.9 Å². The molecule has 4 aromatic rings. The van der Waals surface area contributed by atoms with Gasteiger partial charge >= 0.3 is 0 Å². The van der Waals surface area contributed by atoms with Crippen LogP contribution in [0, 0.1) is 0 Å². The molecule has 5 rings (SSSR count). The highest BCUT2D eigenvalue weighted by Gasteiger charge is 2.20. The average molecular weight is 459 g/mol. The second-order valence-electron chi connectivity index (χ2n) is 7.97. The number of fused-ring (bicyclic) bond motifs is 2. The van der Waals surface area contributed by atoms with Crippen LogP contribution in [0.25, 0.3) is 16.5 Å². The third kappa shape index (κ3) is 4.17. The van der Waals surface area contributed by atoms with Crippen LogP contribution in [0.5, 0.6) is 0 Å². The minimum Gasteiger partial charge on any atom is -0.267 e. The highest BCUT2D eigenvalue weighted by atomic mass is 32.1. The molecular formula is C25H22N4O3S. The summed E-state index contributed by atoms with van der Waals surface area (Å²) in [6.45, 7) is 0. The van der Waals surface area contributed by atoms with Crippen molar-refractivity contribution in [3.63, 3.8) is 0 Å². The van der Waals surface area contributed by atoms with Crippen LogP contribution in [0.15, 0.2) is 65.5 Å². The van der Waals surface area contributed by atoms with E-state index in [0.29, 0.717) is 21.3 Å². The lowest BCUT2D eigenvalue weighted by atomic mass is 10.1. The van der Waals surface area contributed by atoms with Gasteiger partial charge in [-0.25, -0.2) is 0 Å². The Kier molecular flexibility index (Phi) is 5.75. The van der Waals surface area contributed by atoms with E-state index >= 15 is 0 Å². The Morgan fingerprint density at radius 1 is 0.848 bits per heavy atom. The first-order valence-electron chi connectivity index (χ1n) is 10.9. The quantitative estimate of drug-likeness (QED) is 0.361. The van der Waals surface area contributed by atoms with Crippen molar-refractivity contribution in [3.8, 4) is 5.69 Å². The number of para-hydroxylation sites is 1. The molecule has 1 aliphatic rings. The van der Waals surface area contributed by atoms with Crippen molar-refractivity contribution < 1.29 is 9.59 Å². The average Bonchev–Trinajstić information content (AvgIpc) is 3.13. The molecule has 0 spiro atoms. The molecule has 0 unspecified atom stereocenters. The topological polar surface area (TPSA) is 93.1 Å². The lowest BCUT2D eigenvalue weighted by Crippen LogP contribution is -2.42. The SMILES string of the molecule is O=C(NNC(=O)c1nn(-c2ccccc2)c(=O)c2ccccc12)c1cc2c(s1)CCCCC2. The van der Waals surface area contributed by atoms with Gasteiger partial charge in [0.05, 0.1) is 16.0 Å². The first-order chi connectivity index (χ1) is 16.1. The molecule has 0 aliphatic heterocycles. The molecule has 2 aromatic carbocycles. The number of rotatable bonds is 3. The van der Waals surface area contributed by atoms with E-state index in [9.17, 15) is 14.4 Å². The zero-order valence-electron chi connectivity index (χ0n) is 17.8. The minimum absolute atomic E-state index is 0.0521. The summed E-state index contributed by atoms with van der Waals surface area (Å²) in [5, 5.41) is 5.12. The van der Waals surface area contributed by atoms with Gasteiger partial charge in [0, 0.05) is 10.3 Å². The van der Waals surface area contributed by atoms with Crippen LogP contribution in [0.2, 0.25) is 0 Å². The third-order valence-corrected chi connectivity index (χ3v) is 7.02. The molecule has 2 N–H and O–H groups in total. The van der Waals surface area contributed by atoms with E-state index in [1.54, 1.807) is 48.5 Å². The van der Waals surface area contributed by atoms with E-state index in [0.717, 1.165) is 25.7 Å². The number of thiophene rings is 1. The maximum atomic E-state index is 13.0. The van der Waals surface area contributed by atoms with Crippen LogP contribution in [0.3, 0.4) is 0 Å². The number of hydrogen-bond donors (Lipinski definition) is 2. The highest BCUT2D eigenvalue weighted by molar-refractivity contribution is 7.14. The summed E-state index contributed by atoms with van der Waals surface area (Å²) in [6.07, 6.45) is 5.47. The summed E-state index contributed by atoms with van der Waals surface area (Å²) in [7, 11) is 0. The minimum atomic E-state index is -0.595. The number of aryl methyl sites for hydroxylation is 2. The molecule has 7 nitrogen and oxygen atoms in total. The molecule has 2 aromatic heterocycles. The molecule has 2 heterocycles. The van der Waals surface area contributed by atoms with Crippen molar-refractivity contribution in [1.29, 1.82) is 0 Å². The van der Waals surface area contributed by atoms with Crippen LogP contribution in [0.4, 0.5) is 0 Å². The van der Waals surface area contributed by atoms with Gasteiger partial charge in [0.15, 0.2) is 5.69 Å². The van der Waals surface area contributed by atoms with Crippen molar-refractivity contribution in [2.24, 2.45) is 0 Å². The van der Waals surface area contributed by atoms with Crippen molar-refractivity contribution in [2.45, 2.75) is 32.1 Å². The summed E-state index contributed by atoms with van der Waals surface area (Å²) in [5.74, 6) is -0.954. The van der Waals surface area contributed by atoms with Crippen LogP contribution < -0.4 is 16.4 Å². The van der Waals surface area contributed by atoms with Crippen molar-refractivity contribution in [3.05, 3.63) is 92.0 Å². The van der Waals surface area contributed by atoms with Crippen LogP contribution in [-0.2, 0) is 12.8 Å². The Morgan fingerprint density at radius 3 is 2.36 bits per heavy atom. The third-order valence-electron chi connectivity index (χ3n) is 5.78. The normalized spacial score (nSPS) is 13.2. The number of carbonyl (C=O) groups excluding carboxylic acids is 2. The maximum absolute atomic E-state index is 13.0. The van der Waals surface area contributed by atoms with Crippen molar-refractivity contribution >= 4 is 33.9 Å². The largest absolute Gasteiger partial charge is 0.290 e. The maximum Gasteiger partial charge on any atom is 0.290 e. The second kappa shape index (κ2) is 8.99. The van der Waals surface area contributed by atoms with E-state index in [-0.39, 0.29) is 17.2 Å². The monoisotopic (exact) mass is 458 g/mol. The molecule has 0 radical (unpaired) electrons. The van der Waals surface area contributed by atoms with Gasteiger partial charge in [-0.05, 0) is 55.5 Å². The molecule has 0 bridgehead atoms. The predicted molar refractivity (Wildman–Crippen MR) is 128 cm³/mol. The lowest BCUT2D eigenvalue weighted by Gasteiger charge is -2.11. The van der Waals surface area contributed by atoms with E-state index in [1.807, 2.05) is 12.1 Å². The van der Waals surface area contributed by atoms with Gasteiger partial charge in [0.25, 0.3) is 17.4 Å². The Bertz CT molecular complexity index is 1380. The molecule has 8 heteroatoms. The van der Waals surface area contributed by atoms with Gasteiger partial charge in [-0.1, -0.05) is 42.8 Å². The molecule has 1 aliphatic carbocycles. The summed E-state index contributed by atoms with van der Waals surface area (Å²) in [4.78, 5) is 40.5. The molecule has 0 fully saturated rings. The van der Waals surface area contributed by atoms with Crippen LogP contribution >= 0.6 is 11.3 Å². The van der Waals surface area contributed by atoms with E-state index < -0.39 is 5.91 Å². The zero-order chi connectivity index (χ0) is 22.8. The smallest absolute Gasteiger partial charge is 0.267 e. The Balaban J connectivity index is 1.42.